The summed E-state index contributed by atoms with van der Waals surface area (Å²) in [6.45, 7) is 0.531. The van der Waals surface area contributed by atoms with Gasteiger partial charge in [-0.15, -0.1) is 0 Å². The minimum Gasteiger partial charge on any atom is -0.408 e. The van der Waals surface area contributed by atoms with E-state index in [1.807, 2.05) is 0 Å². The van der Waals surface area contributed by atoms with Gasteiger partial charge in [0.25, 0.3) is 5.69 Å². The minimum absolute atomic E-state index is 0.0353. The first kappa shape index (κ1) is 22.7. The van der Waals surface area contributed by atoms with Gasteiger partial charge in [-0.3, -0.25) is 19.5 Å². The molecule has 4 rings (SSSR count). The lowest BCUT2D eigenvalue weighted by molar-refractivity contribution is -0.384. The summed E-state index contributed by atoms with van der Waals surface area (Å²) in [5.41, 5.74) is 0.570. The number of nitro benzene ring substituents is 1. The van der Waals surface area contributed by atoms with Gasteiger partial charge in [0.1, 0.15) is 6.54 Å². The fourth-order valence-electron chi connectivity index (χ4n) is 3.80. The number of carbonyl (C=O) groups is 1. The molecule has 174 valence electrons. The van der Waals surface area contributed by atoms with E-state index in [-0.39, 0.29) is 28.2 Å². The first-order chi connectivity index (χ1) is 15.8. The summed E-state index contributed by atoms with van der Waals surface area (Å²) in [4.78, 5) is 35.0. The van der Waals surface area contributed by atoms with Crippen molar-refractivity contribution in [3.63, 3.8) is 0 Å². The highest BCUT2D eigenvalue weighted by atomic mass is 32.2. The summed E-state index contributed by atoms with van der Waals surface area (Å²) in [5, 5.41) is 13.3. The first-order valence-electron chi connectivity index (χ1n) is 10.4. The lowest BCUT2D eigenvalue weighted by Gasteiger charge is -2.19. The molecule has 1 amide bonds. The van der Waals surface area contributed by atoms with Crippen LogP contribution in [0.3, 0.4) is 0 Å². The van der Waals surface area contributed by atoms with Gasteiger partial charge in [0.15, 0.2) is 5.58 Å². The van der Waals surface area contributed by atoms with Crippen molar-refractivity contribution >= 4 is 38.4 Å². The SMILES string of the molecule is O=C(Cn1c(=O)oc2cc(S(=O)(=O)N3CCCCCC3)ccc21)Nc1ccc([N+](=O)[O-])cc1. The van der Waals surface area contributed by atoms with Crippen molar-refractivity contribution in [1.29, 1.82) is 0 Å². The summed E-state index contributed by atoms with van der Waals surface area (Å²) in [6, 6.07) is 9.43. The zero-order chi connectivity index (χ0) is 23.6. The third-order valence-electron chi connectivity index (χ3n) is 5.51. The molecule has 1 N–H and O–H groups in total. The van der Waals surface area contributed by atoms with Crippen molar-refractivity contribution in [2.45, 2.75) is 37.1 Å². The Bertz CT molecular complexity index is 1350. The van der Waals surface area contributed by atoms with Gasteiger partial charge in [0.05, 0.1) is 15.3 Å². The van der Waals surface area contributed by atoms with Crippen LogP contribution in [0.5, 0.6) is 0 Å². The summed E-state index contributed by atoms with van der Waals surface area (Å²) < 4.78 is 33.8. The molecule has 11 nitrogen and oxygen atoms in total. The van der Waals surface area contributed by atoms with Crippen LogP contribution < -0.4 is 11.1 Å². The molecule has 2 heterocycles. The highest BCUT2D eigenvalue weighted by molar-refractivity contribution is 7.89. The van der Waals surface area contributed by atoms with E-state index in [2.05, 4.69) is 5.32 Å². The summed E-state index contributed by atoms with van der Waals surface area (Å²) in [7, 11) is -3.72. The van der Waals surface area contributed by atoms with E-state index < -0.39 is 26.6 Å². The van der Waals surface area contributed by atoms with Crippen LogP contribution in [-0.2, 0) is 21.4 Å². The van der Waals surface area contributed by atoms with Crippen LogP contribution in [-0.4, -0.2) is 41.2 Å². The van der Waals surface area contributed by atoms with Crippen LogP contribution >= 0.6 is 0 Å². The van der Waals surface area contributed by atoms with Gasteiger partial charge >= 0.3 is 5.76 Å². The van der Waals surface area contributed by atoms with Crippen LogP contribution in [0, 0.1) is 10.1 Å². The maximum atomic E-state index is 13.0. The molecule has 0 saturated carbocycles. The van der Waals surface area contributed by atoms with Gasteiger partial charge < -0.3 is 9.73 Å². The van der Waals surface area contributed by atoms with Crippen LogP contribution in [0.4, 0.5) is 11.4 Å². The maximum absolute atomic E-state index is 13.0. The standard InChI is InChI=1S/C21H22N4O7S/c26-20(22-15-5-7-16(8-6-15)25(28)29)14-24-18-10-9-17(13-19(18)32-21(24)27)33(30,31)23-11-3-1-2-4-12-23/h5-10,13H,1-4,11-12,14H2,(H,22,26). The Kier molecular flexibility index (Phi) is 6.29. The van der Waals surface area contributed by atoms with Gasteiger partial charge in [0, 0.05) is 37.0 Å². The minimum atomic E-state index is -3.72. The first-order valence-corrected chi connectivity index (χ1v) is 11.9. The van der Waals surface area contributed by atoms with E-state index >= 15 is 0 Å². The number of fused-ring (bicyclic) bond motifs is 1. The molecular weight excluding hydrogens is 452 g/mol. The topological polar surface area (TPSA) is 145 Å². The van der Waals surface area contributed by atoms with E-state index in [1.54, 1.807) is 0 Å². The van der Waals surface area contributed by atoms with Crippen molar-refractivity contribution in [1.82, 2.24) is 8.87 Å². The predicted molar refractivity (Wildman–Crippen MR) is 119 cm³/mol. The third-order valence-corrected chi connectivity index (χ3v) is 7.40. The number of nitrogens with zero attached hydrogens (tertiary/aromatic N) is 3. The van der Waals surface area contributed by atoms with Gasteiger partial charge in [-0.2, -0.15) is 4.31 Å². The number of non-ortho nitro benzene ring substituents is 1. The molecule has 0 bridgehead atoms. The summed E-state index contributed by atoms with van der Waals surface area (Å²) in [6.07, 6.45) is 3.59. The van der Waals surface area contributed by atoms with Crippen LogP contribution in [0.2, 0.25) is 0 Å². The number of oxazole rings is 1. The number of aromatic nitrogens is 1. The molecule has 1 aliphatic rings. The Morgan fingerprint density at radius 1 is 1.06 bits per heavy atom. The largest absolute Gasteiger partial charge is 0.420 e. The molecule has 0 radical (unpaired) electrons. The molecule has 1 aliphatic heterocycles. The Hall–Kier alpha value is -3.51. The molecule has 0 spiro atoms. The highest BCUT2D eigenvalue weighted by Gasteiger charge is 2.26. The second kappa shape index (κ2) is 9.16. The molecule has 2 aromatic carbocycles. The smallest absolute Gasteiger partial charge is 0.408 e. The molecule has 1 fully saturated rings. The number of rotatable bonds is 6. The molecular formula is C21H22N4O7S. The molecule has 0 atom stereocenters. The predicted octanol–water partition coefficient (Wildman–Crippen LogP) is 2.71. The number of sulfonamides is 1. The molecule has 1 aromatic heterocycles. The molecule has 0 aliphatic carbocycles. The number of carbonyl (C=O) groups excluding carboxylic acids is 1. The highest BCUT2D eigenvalue weighted by Crippen LogP contribution is 2.24. The number of anilines is 1. The maximum Gasteiger partial charge on any atom is 0.420 e. The lowest BCUT2D eigenvalue weighted by atomic mass is 10.2. The Balaban J connectivity index is 1.54. The number of hydrogen-bond acceptors (Lipinski definition) is 7. The van der Waals surface area contributed by atoms with E-state index in [4.69, 9.17) is 4.42 Å². The second-order valence-electron chi connectivity index (χ2n) is 7.75. The van der Waals surface area contributed by atoms with Crippen molar-refractivity contribution < 1.29 is 22.6 Å². The van der Waals surface area contributed by atoms with Crippen molar-refractivity contribution in [2.24, 2.45) is 0 Å². The molecule has 33 heavy (non-hydrogen) atoms. The van der Waals surface area contributed by atoms with Gasteiger partial charge in [-0.1, -0.05) is 12.8 Å². The molecule has 0 unspecified atom stereocenters. The van der Waals surface area contributed by atoms with E-state index in [0.29, 0.717) is 18.8 Å². The number of amides is 1. The summed E-state index contributed by atoms with van der Waals surface area (Å²) >= 11 is 0. The summed E-state index contributed by atoms with van der Waals surface area (Å²) in [5.74, 6) is -1.34. The fourth-order valence-corrected chi connectivity index (χ4v) is 5.33. The van der Waals surface area contributed by atoms with Crippen LogP contribution in [0.25, 0.3) is 11.1 Å². The van der Waals surface area contributed by atoms with E-state index in [1.165, 1.54) is 46.8 Å². The van der Waals surface area contributed by atoms with Gasteiger partial charge in [-0.25, -0.2) is 13.2 Å². The van der Waals surface area contributed by atoms with Crippen molar-refractivity contribution in [3.05, 3.63) is 63.1 Å². The Morgan fingerprint density at radius 3 is 2.36 bits per heavy atom. The van der Waals surface area contributed by atoms with Crippen molar-refractivity contribution in [2.75, 3.05) is 18.4 Å². The number of benzene rings is 2. The second-order valence-corrected chi connectivity index (χ2v) is 9.69. The average Bonchev–Trinajstić information content (AvgIpc) is 2.96. The van der Waals surface area contributed by atoms with E-state index in [0.717, 1.165) is 30.3 Å². The van der Waals surface area contributed by atoms with Crippen LogP contribution in [0.15, 0.2) is 56.6 Å². The Morgan fingerprint density at radius 2 is 1.73 bits per heavy atom. The monoisotopic (exact) mass is 474 g/mol. The molecule has 3 aromatic rings. The van der Waals surface area contributed by atoms with E-state index in [9.17, 15) is 28.1 Å². The number of nitrogens with one attached hydrogen (secondary N) is 1. The molecule has 12 heteroatoms. The quantitative estimate of drug-likeness (QED) is 0.427. The van der Waals surface area contributed by atoms with Gasteiger partial charge in [0.2, 0.25) is 15.9 Å². The third kappa shape index (κ3) is 4.81. The van der Waals surface area contributed by atoms with Crippen LogP contribution in [0.1, 0.15) is 25.7 Å². The lowest BCUT2D eigenvalue weighted by Crippen LogP contribution is -2.31. The normalized spacial score (nSPS) is 15.3. The zero-order valence-corrected chi connectivity index (χ0v) is 18.4. The van der Waals surface area contributed by atoms with Gasteiger partial charge in [-0.05, 0) is 37.1 Å². The fraction of sp³-hybridized carbons (Fsp3) is 0.333. The molecule has 1 saturated heterocycles. The van der Waals surface area contributed by atoms with Crippen molar-refractivity contribution in [3.8, 4) is 0 Å². The average molecular weight is 474 g/mol. The Labute approximate surface area is 188 Å². The number of hydrogen-bond donors (Lipinski definition) is 1. The number of nitro groups is 1. The zero-order valence-electron chi connectivity index (χ0n) is 17.6.